The highest BCUT2D eigenvalue weighted by Gasteiger charge is 2.16. The highest BCUT2D eigenvalue weighted by Crippen LogP contribution is 2.39. The molecule has 1 rings (SSSR count). The summed E-state index contributed by atoms with van der Waals surface area (Å²) in [5, 5.41) is -0.563. The highest BCUT2D eigenvalue weighted by atomic mass is 35.5. The zero-order chi connectivity index (χ0) is 12.8. The van der Waals surface area contributed by atoms with E-state index in [9.17, 15) is 4.79 Å². The maximum absolute atomic E-state index is 11.2. The number of hydrogen-bond donors (Lipinski definition) is 0. The lowest BCUT2D eigenvalue weighted by molar-refractivity contribution is 0.108. The molecule has 0 saturated carbocycles. The molecule has 17 heavy (non-hydrogen) atoms. The third kappa shape index (κ3) is 3.27. The van der Waals surface area contributed by atoms with E-state index in [2.05, 4.69) is 0 Å². The van der Waals surface area contributed by atoms with Crippen LogP contribution in [0.2, 0.25) is 0 Å². The van der Waals surface area contributed by atoms with Gasteiger partial charge < -0.3 is 14.2 Å². The molecular formula is C12H15ClO4. The van der Waals surface area contributed by atoms with Gasteiger partial charge in [0.2, 0.25) is 5.75 Å². The number of methoxy groups -OCH3 is 1. The Bertz CT molecular complexity index is 404. The zero-order valence-corrected chi connectivity index (χ0v) is 10.8. The van der Waals surface area contributed by atoms with E-state index in [0.717, 1.165) is 0 Å². The number of carbonyl (C=O) groups is 1. The van der Waals surface area contributed by atoms with Crippen LogP contribution in [0.15, 0.2) is 12.1 Å². The molecule has 0 aromatic heterocycles. The predicted octanol–water partition coefficient (Wildman–Crippen LogP) is 2.87. The summed E-state index contributed by atoms with van der Waals surface area (Å²) in [5.74, 6) is 1.37. The van der Waals surface area contributed by atoms with Gasteiger partial charge in [-0.2, -0.15) is 0 Å². The number of rotatable bonds is 6. The molecule has 1 aromatic rings. The van der Waals surface area contributed by atoms with Crippen LogP contribution < -0.4 is 14.2 Å². The first-order chi connectivity index (χ1) is 8.13. The molecule has 0 saturated heterocycles. The number of ether oxygens (including phenoxy) is 3. The first-order valence-corrected chi connectivity index (χ1v) is 5.69. The Balaban J connectivity index is 3.28. The Hall–Kier alpha value is -1.42. The molecule has 0 radical (unpaired) electrons. The van der Waals surface area contributed by atoms with Gasteiger partial charge in [0, 0.05) is 5.56 Å². The largest absolute Gasteiger partial charge is 0.493 e. The van der Waals surface area contributed by atoms with Gasteiger partial charge in [0.05, 0.1) is 20.3 Å². The minimum absolute atomic E-state index is 0.315. The second kappa shape index (κ2) is 6.35. The van der Waals surface area contributed by atoms with Crippen LogP contribution >= 0.6 is 11.6 Å². The summed E-state index contributed by atoms with van der Waals surface area (Å²) in [7, 11) is 1.50. The minimum atomic E-state index is -0.563. The lowest BCUT2D eigenvalue weighted by atomic mass is 10.2. The SMILES string of the molecule is CCOc1cc(C(=O)Cl)cc(OC)c1OCC. The lowest BCUT2D eigenvalue weighted by Gasteiger charge is -2.15. The summed E-state index contributed by atoms with van der Waals surface area (Å²) in [6.45, 7) is 4.64. The van der Waals surface area contributed by atoms with Gasteiger partial charge in [0.1, 0.15) is 0 Å². The van der Waals surface area contributed by atoms with Gasteiger partial charge in [0.25, 0.3) is 5.24 Å². The summed E-state index contributed by atoms with van der Waals surface area (Å²) < 4.78 is 16.0. The van der Waals surface area contributed by atoms with E-state index >= 15 is 0 Å². The summed E-state index contributed by atoms with van der Waals surface area (Å²) in [6.07, 6.45) is 0. The lowest BCUT2D eigenvalue weighted by Crippen LogP contribution is -2.03. The number of hydrogen-bond acceptors (Lipinski definition) is 4. The monoisotopic (exact) mass is 258 g/mol. The van der Waals surface area contributed by atoms with Gasteiger partial charge in [-0.15, -0.1) is 0 Å². The summed E-state index contributed by atoms with van der Waals surface area (Å²) in [5.41, 5.74) is 0.315. The third-order valence-electron chi connectivity index (χ3n) is 2.06. The molecule has 0 bridgehead atoms. The van der Waals surface area contributed by atoms with Crippen molar-refractivity contribution < 1.29 is 19.0 Å². The van der Waals surface area contributed by atoms with Crippen LogP contribution in [0.1, 0.15) is 24.2 Å². The van der Waals surface area contributed by atoms with Crippen molar-refractivity contribution in [3.8, 4) is 17.2 Å². The predicted molar refractivity (Wildman–Crippen MR) is 65.5 cm³/mol. The molecule has 4 nitrogen and oxygen atoms in total. The molecule has 0 aliphatic carbocycles. The van der Waals surface area contributed by atoms with Gasteiger partial charge in [-0.25, -0.2) is 0 Å². The van der Waals surface area contributed by atoms with Crippen molar-refractivity contribution in [1.82, 2.24) is 0 Å². The quantitative estimate of drug-likeness (QED) is 0.736. The minimum Gasteiger partial charge on any atom is -0.493 e. The first kappa shape index (κ1) is 13.6. The van der Waals surface area contributed by atoms with E-state index in [-0.39, 0.29) is 0 Å². The Morgan fingerprint density at radius 2 is 1.76 bits per heavy atom. The molecule has 0 amide bonds. The molecule has 0 heterocycles. The van der Waals surface area contributed by atoms with E-state index in [1.54, 1.807) is 6.07 Å². The van der Waals surface area contributed by atoms with E-state index in [0.29, 0.717) is 36.0 Å². The van der Waals surface area contributed by atoms with Gasteiger partial charge in [-0.05, 0) is 37.6 Å². The van der Waals surface area contributed by atoms with Crippen molar-refractivity contribution in [2.45, 2.75) is 13.8 Å². The van der Waals surface area contributed by atoms with Gasteiger partial charge in [-0.3, -0.25) is 4.79 Å². The normalized spacial score (nSPS) is 9.88. The van der Waals surface area contributed by atoms with Crippen molar-refractivity contribution in [1.29, 1.82) is 0 Å². The van der Waals surface area contributed by atoms with Crippen LogP contribution in [0.5, 0.6) is 17.2 Å². The van der Waals surface area contributed by atoms with Crippen molar-refractivity contribution in [3.63, 3.8) is 0 Å². The van der Waals surface area contributed by atoms with Gasteiger partial charge in [0.15, 0.2) is 11.5 Å². The summed E-state index contributed by atoms with van der Waals surface area (Å²) in [4.78, 5) is 11.2. The molecule has 1 aromatic carbocycles. The fourth-order valence-electron chi connectivity index (χ4n) is 1.39. The smallest absolute Gasteiger partial charge is 0.252 e. The first-order valence-electron chi connectivity index (χ1n) is 5.31. The Morgan fingerprint density at radius 1 is 1.18 bits per heavy atom. The van der Waals surface area contributed by atoms with E-state index in [1.165, 1.54) is 13.2 Å². The summed E-state index contributed by atoms with van der Waals surface area (Å²) >= 11 is 5.44. The molecule has 0 N–H and O–H groups in total. The third-order valence-corrected chi connectivity index (χ3v) is 2.27. The maximum atomic E-state index is 11.2. The molecule has 94 valence electrons. The second-order valence-electron chi connectivity index (χ2n) is 3.15. The topological polar surface area (TPSA) is 44.8 Å². The van der Waals surface area contributed by atoms with Crippen molar-refractivity contribution >= 4 is 16.8 Å². The van der Waals surface area contributed by atoms with Crippen molar-refractivity contribution in [2.75, 3.05) is 20.3 Å². The van der Waals surface area contributed by atoms with Crippen LogP contribution in [0.4, 0.5) is 0 Å². The second-order valence-corrected chi connectivity index (χ2v) is 3.49. The van der Waals surface area contributed by atoms with E-state index in [1.807, 2.05) is 13.8 Å². The van der Waals surface area contributed by atoms with Crippen LogP contribution in [0, 0.1) is 0 Å². The highest BCUT2D eigenvalue weighted by molar-refractivity contribution is 6.67. The zero-order valence-electron chi connectivity index (χ0n) is 10.1. The Labute approximate surface area is 105 Å². The van der Waals surface area contributed by atoms with Crippen LogP contribution in [-0.2, 0) is 0 Å². The molecule has 0 unspecified atom stereocenters. The van der Waals surface area contributed by atoms with Crippen LogP contribution in [0.25, 0.3) is 0 Å². The van der Waals surface area contributed by atoms with Crippen molar-refractivity contribution in [2.24, 2.45) is 0 Å². The van der Waals surface area contributed by atoms with Crippen LogP contribution in [0.3, 0.4) is 0 Å². The summed E-state index contributed by atoms with van der Waals surface area (Å²) in [6, 6.07) is 3.08. The Kier molecular flexibility index (Phi) is 5.10. The standard InChI is InChI=1S/C12H15ClO4/c1-4-16-10-7-8(12(13)14)6-9(15-3)11(10)17-5-2/h6-7H,4-5H2,1-3H3. The molecule has 0 aliphatic heterocycles. The molecule has 5 heteroatoms. The molecule has 0 atom stereocenters. The van der Waals surface area contributed by atoms with Crippen molar-refractivity contribution in [3.05, 3.63) is 17.7 Å². The number of benzene rings is 1. The van der Waals surface area contributed by atoms with E-state index in [4.69, 9.17) is 25.8 Å². The van der Waals surface area contributed by atoms with Crippen LogP contribution in [-0.4, -0.2) is 25.6 Å². The molecule has 0 fully saturated rings. The number of halogens is 1. The van der Waals surface area contributed by atoms with Gasteiger partial charge >= 0.3 is 0 Å². The molecule has 0 aliphatic rings. The fraction of sp³-hybridized carbons (Fsp3) is 0.417. The molecular weight excluding hydrogens is 244 g/mol. The average Bonchev–Trinajstić information content (AvgIpc) is 2.31. The Morgan fingerprint density at radius 3 is 2.24 bits per heavy atom. The molecule has 0 spiro atoms. The maximum Gasteiger partial charge on any atom is 0.252 e. The van der Waals surface area contributed by atoms with E-state index < -0.39 is 5.24 Å². The average molecular weight is 259 g/mol. The van der Waals surface area contributed by atoms with Gasteiger partial charge in [-0.1, -0.05) is 0 Å². The number of carbonyl (C=O) groups excluding carboxylic acids is 1. The fourth-order valence-corrected chi connectivity index (χ4v) is 1.50.